The van der Waals surface area contributed by atoms with E-state index in [4.69, 9.17) is 4.42 Å². The molecule has 0 saturated carbocycles. The first-order chi connectivity index (χ1) is 8.50. The van der Waals surface area contributed by atoms with Crippen LogP contribution in [-0.2, 0) is 9.84 Å². The van der Waals surface area contributed by atoms with Gasteiger partial charge in [-0.15, -0.1) is 5.10 Å². The van der Waals surface area contributed by atoms with Crippen LogP contribution in [0.15, 0.2) is 4.42 Å². The third kappa shape index (κ3) is 3.20. The van der Waals surface area contributed by atoms with Crippen molar-refractivity contribution in [2.24, 2.45) is 0 Å². The fourth-order valence-electron chi connectivity index (χ4n) is 1.90. The first-order valence-electron chi connectivity index (χ1n) is 5.98. The molecule has 0 bridgehead atoms. The summed E-state index contributed by atoms with van der Waals surface area (Å²) in [5.74, 6) is 0.891. The molecule has 1 fully saturated rings. The van der Waals surface area contributed by atoms with Gasteiger partial charge in [-0.3, -0.25) is 0 Å². The van der Waals surface area contributed by atoms with Gasteiger partial charge in [-0.1, -0.05) is 5.10 Å². The highest BCUT2D eigenvalue weighted by atomic mass is 32.2. The topological polar surface area (TPSA) is 97.1 Å². The molecular weight excluding hydrogens is 256 g/mol. The lowest BCUT2D eigenvalue weighted by molar-refractivity contribution is 0.437. The van der Waals surface area contributed by atoms with Crippen molar-refractivity contribution in [3.63, 3.8) is 0 Å². The molecule has 2 heterocycles. The highest BCUT2D eigenvalue weighted by molar-refractivity contribution is 7.91. The highest BCUT2D eigenvalue weighted by Gasteiger charge is 2.26. The lowest BCUT2D eigenvalue weighted by Crippen LogP contribution is -2.34. The van der Waals surface area contributed by atoms with Gasteiger partial charge in [-0.2, -0.15) is 0 Å². The summed E-state index contributed by atoms with van der Waals surface area (Å²) in [6, 6.07) is 0.124. The molecule has 1 aromatic heterocycles. The van der Waals surface area contributed by atoms with Crippen LogP contribution in [0.2, 0.25) is 0 Å². The van der Waals surface area contributed by atoms with Crippen molar-refractivity contribution in [1.29, 1.82) is 0 Å². The maximum Gasteiger partial charge on any atom is 0.315 e. The zero-order valence-electron chi connectivity index (χ0n) is 10.5. The Morgan fingerprint density at radius 3 is 2.89 bits per heavy atom. The van der Waals surface area contributed by atoms with Crippen LogP contribution in [0, 0.1) is 0 Å². The van der Waals surface area contributed by atoms with Crippen LogP contribution in [0.4, 0.5) is 6.01 Å². The summed E-state index contributed by atoms with van der Waals surface area (Å²) in [6.45, 7) is 1.91. The Balaban J connectivity index is 1.99. The van der Waals surface area contributed by atoms with E-state index < -0.39 is 9.84 Å². The molecule has 2 N–H and O–H groups in total. The minimum Gasteiger partial charge on any atom is -0.406 e. The zero-order valence-corrected chi connectivity index (χ0v) is 11.3. The summed E-state index contributed by atoms with van der Waals surface area (Å²) < 4.78 is 28.4. The van der Waals surface area contributed by atoms with Gasteiger partial charge in [0.2, 0.25) is 5.89 Å². The van der Waals surface area contributed by atoms with Gasteiger partial charge in [0.15, 0.2) is 9.84 Å². The van der Waals surface area contributed by atoms with Gasteiger partial charge < -0.3 is 15.1 Å². The molecule has 1 aliphatic heterocycles. The quantitative estimate of drug-likeness (QED) is 0.817. The van der Waals surface area contributed by atoms with Crippen LogP contribution in [0.25, 0.3) is 0 Å². The van der Waals surface area contributed by atoms with Crippen molar-refractivity contribution in [3.8, 4) is 0 Å². The van der Waals surface area contributed by atoms with Crippen LogP contribution in [0.3, 0.4) is 0 Å². The predicted octanol–water partition coefficient (Wildman–Crippen LogP) is 0.339. The molecule has 1 aromatic rings. The third-order valence-electron chi connectivity index (χ3n) is 3.03. The maximum atomic E-state index is 11.5. The van der Waals surface area contributed by atoms with Crippen LogP contribution < -0.4 is 10.6 Å². The molecule has 0 radical (unpaired) electrons. The van der Waals surface area contributed by atoms with Crippen LogP contribution in [0.5, 0.6) is 0 Å². The minimum atomic E-state index is -2.93. The van der Waals surface area contributed by atoms with Gasteiger partial charge in [0.25, 0.3) is 0 Å². The van der Waals surface area contributed by atoms with Gasteiger partial charge in [-0.05, 0) is 26.8 Å². The lowest BCUT2D eigenvalue weighted by Gasteiger charge is -2.21. The summed E-state index contributed by atoms with van der Waals surface area (Å²) in [5.41, 5.74) is 0. The molecule has 8 heteroatoms. The fraction of sp³-hybridized carbons (Fsp3) is 0.800. The van der Waals surface area contributed by atoms with E-state index in [1.165, 1.54) is 0 Å². The van der Waals surface area contributed by atoms with Gasteiger partial charge >= 0.3 is 6.01 Å². The van der Waals surface area contributed by atoms with E-state index >= 15 is 0 Å². The van der Waals surface area contributed by atoms with Gasteiger partial charge in [0.1, 0.15) is 0 Å². The molecule has 18 heavy (non-hydrogen) atoms. The summed E-state index contributed by atoms with van der Waals surface area (Å²) in [5, 5.41) is 13.7. The summed E-state index contributed by atoms with van der Waals surface area (Å²) in [4.78, 5) is 0. The number of hydrogen-bond acceptors (Lipinski definition) is 7. The number of sulfone groups is 1. The van der Waals surface area contributed by atoms with E-state index in [0.717, 1.165) is 6.42 Å². The number of rotatable bonds is 4. The molecule has 1 aliphatic rings. The van der Waals surface area contributed by atoms with Crippen molar-refractivity contribution in [2.45, 2.75) is 31.8 Å². The molecule has 0 amide bonds. The number of hydrogen-bond donors (Lipinski definition) is 2. The number of nitrogens with zero attached hydrogens (tertiary/aromatic N) is 2. The Bertz CT molecular complexity index is 499. The molecular formula is C10H18N4O3S. The molecule has 0 aliphatic carbocycles. The first kappa shape index (κ1) is 13.3. The molecule has 2 rings (SSSR count). The van der Waals surface area contributed by atoms with Crippen molar-refractivity contribution in [3.05, 3.63) is 5.89 Å². The van der Waals surface area contributed by atoms with E-state index in [0.29, 0.717) is 12.3 Å². The molecule has 0 aromatic carbocycles. The summed E-state index contributed by atoms with van der Waals surface area (Å²) in [6.07, 6.45) is 1.48. The Kier molecular flexibility index (Phi) is 3.86. The Morgan fingerprint density at radius 1 is 1.44 bits per heavy atom. The molecule has 0 spiro atoms. The second kappa shape index (κ2) is 5.23. The van der Waals surface area contributed by atoms with Crippen LogP contribution >= 0.6 is 0 Å². The van der Waals surface area contributed by atoms with E-state index in [-0.39, 0.29) is 29.6 Å². The van der Waals surface area contributed by atoms with Crippen LogP contribution in [-0.4, -0.2) is 43.2 Å². The van der Waals surface area contributed by atoms with E-state index in [1.54, 1.807) is 7.05 Å². The Hall–Kier alpha value is -1.15. The Morgan fingerprint density at radius 2 is 2.22 bits per heavy atom. The number of nitrogens with one attached hydrogen (secondary N) is 2. The SMILES string of the molecule is CNC(C)c1nnc(NC2CCCS(=O)(=O)C2)o1. The van der Waals surface area contributed by atoms with Crippen molar-refractivity contribution < 1.29 is 12.8 Å². The second-order valence-corrected chi connectivity index (χ2v) is 6.78. The smallest absolute Gasteiger partial charge is 0.315 e. The summed E-state index contributed by atoms with van der Waals surface area (Å²) >= 11 is 0. The summed E-state index contributed by atoms with van der Waals surface area (Å²) in [7, 11) is -1.13. The van der Waals surface area contributed by atoms with E-state index in [2.05, 4.69) is 20.8 Å². The second-order valence-electron chi connectivity index (χ2n) is 4.55. The molecule has 2 atom stereocenters. The third-order valence-corrected chi connectivity index (χ3v) is 4.86. The number of aromatic nitrogens is 2. The average molecular weight is 274 g/mol. The van der Waals surface area contributed by atoms with E-state index in [9.17, 15) is 8.42 Å². The predicted molar refractivity (Wildman–Crippen MR) is 67.1 cm³/mol. The van der Waals surface area contributed by atoms with Gasteiger partial charge in [0, 0.05) is 6.04 Å². The molecule has 2 unspecified atom stereocenters. The number of anilines is 1. The van der Waals surface area contributed by atoms with Crippen molar-refractivity contribution in [2.75, 3.05) is 23.9 Å². The monoisotopic (exact) mass is 274 g/mol. The standard InChI is InChI=1S/C10H18N4O3S/c1-7(11-2)9-13-14-10(17-9)12-8-4-3-5-18(15,16)6-8/h7-8,11H,3-6H2,1-2H3,(H,12,14). The van der Waals surface area contributed by atoms with Crippen LogP contribution in [0.1, 0.15) is 31.7 Å². The first-order valence-corrected chi connectivity index (χ1v) is 7.80. The molecule has 102 valence electrons. The maximum absolute atomic E-state index is 11.5. The van der Waals surface area contributed by atoms with Gasteiger partial charge in [0.05, 0.1) is 17.5 Å². The largest absolute Gasteiger partial charge is 0.406 e. The molecule has 7 nitrogen and oxygen atoms in total. The van der Waals surface area contributed by atoms with E-state index in [1.807, 2.05) is 6.92 Å². The van der Waals surface area contributed by atoms with Crippen molar-refractivity contribution >= 4 is 15.9 Å². The van der Waals surface area contributed by atoms with Gasteiger partial charge in [-0.25, -0.2) is 8.42 Å². The Labute approximate surface area is 106 Å². The highest BCUT2D eigenvalue weighted by Crippen LogP contribution is 2.18. The fourth-order valence-corrected chi connectivity index (χ4v) is 3.54. The molecule has 1 saturated heterocycles. The zero-order chi connectivity index (χ0) is 13.2. The lowest BCUT2D eigenvalue weighted by atomic mass is 10.2. The normalized spacial score (nSPS) is 24.7. The van der Waals surface area contributed by atoms with Crippen molar-refractivity contribution in [1.82, 2.24) is 15.5 Å². The average Bonchev–Trinajstić information content (AvgIpc) is 2.75. The minimum absolute atomic E-state index is 0.0249.